The van der Waals surface area contributed by atoms with Crippen LogP contribution in [0, 0.1) is 0 Å². The van der Waals surface area contributed by atoms with Gasteiger partial charge in [0.15, 0.2) is 0 Å². The van der Waals surface area contributed by atoms with Crippen LogP contribution in [-0.4, -0.2) is 46.1 Å². The lowest BCUT2D eigenvalue weighted by atomic mass is 10.0. The van der Waals surface area contributed by atoms with E-state index in [1.807, 2.05) is 6.08 Å². The maximum absolute atomic E-state index is 12.4. The van der Waals surface area contributed by atoms with E-state index in [4.69, 9.17) is 0 Å². The molecular formula is C44H85NO4. The molecule has 0 fully saturated rings. The van der Waals surface area contributed by atoms with E-state index in [0.29, 0.717) is 6.42 Å². The van der Waals surface area contributed by atoms with Gasteiger partial charge >= 0.3 is 0 Å². The number of nitrogens with one attached hydrogen (secondary N) is 1. The molecule has 0 aromatic heterocycles. The predicted molar refractivity (Wildman–Crippen MR) is 213 cm³/mol. The number of aliphatic hydroxyl groups is 3. The zero-order valence-electron chi connectivity index (χ0n) is 32.8. The number of aliphatic hydroxyl groups excluding tert-OH is 3. The molecule has 0 bridgehead atoms. The largest absolute Gasteiger partial charge is 0.394 e. The number of carbonyl (C=O) groups is 1. The van der Waals surface area contributed by atoms with Crippen molar-refractivity contribution < 1.29 is 20.1 Å². The van der Waals surface area contributed by atoms with Crippen molar-refractivity contribution in [2.45, 2.75) is 244 Å². The normalized spacial score (nSPS) is 13.8. The topological polar surface area (TPSA) is 89.8 Å². The van der Waals surface area contributed by atoms with Crippen molar-refractivity contribution in [1.29, 1.82) is 0 Å². The summed E-state index contributed by atoms with van der Waals surface area (Å²) in [6.07, 6.45) is 47.9. The van der Waals surface area contributed by atoms with E-state index in [-0.39, 0.29) is 6.61 Å². The maximum Gasteiger partial charge on any atom is 0.249 e. The van der Waals surface area contributed by atoms with Crippen molar-refractivity contribution in [3.8, 4) is 0 Å². The fourth-order valence-corrected chi connectivity index (χ4v) is 6.61. The summed E-state index contributed by atoms with van der Waals surface area (Å²) >= 11 is 0. The van der Waals surface area contributed by atoms with E-state index in [9.17, 15) is 20.1 Å². The molecule has 290 valence electrons. The Labute approximate surface area is 305 Å². The van der Waals surface area contributed by atoms with Crippen molar-refractivity contribution in [3.63, 3.8) is 0 Å². The van der Waals surface area contributed by atoms with Crippen LogP contribution in [0.4, 0.5) is 0 Å². The first kappa shape index (κ1) is 47.8. The van der Waals surface area contributed by atoms with Crippen LogP contribution in [0.1, 0.15) is 226 Å². The summed E-state index contributed by atoms with van der Waals surface area (Å²) in [6, 6.07) is -0.809. The maximum atomic E-state index is 12.4. The average Bonchev–Trinajstić information content (AvgIpc) is 3.11. The number of allylic oxidation sites excluding steroid dienone is 3. The van der Waals surface area contributed by atoms with Gasteiger partial charge in [-0.05, 0) is 32.1 Å². The van der Waals surface area contributed by atoms with Gasteiger partial charge in [-0.25, -0.2) is 0 Å². The van der Waals surface area contributed by atoms with Gasteiger partial charge in [-0.2, -0.15) is 0 Å². The molecule has 0 aliphatic carbocycles. The van der Waals surface area contributed by atoms with Gasteiger partial charge in [0.25, 0.3) is 0 Å². The predicted octanol–water partition coefficient (Wildman–Crippen LogP) is 12.2. The Kier molecular flexibility index (Phi) is 38.7. The second kappa shape index (κ2) is 39.6. The smallest absolute Gasteiger partial charge is 0.249 e. The molecule has 0 rings (SSSR count). The highest BCUT2D eigenvalue weighted by Gasteiger charge is 2.22. The Hall–Kier alpha value is -1.17. The Balaban J connectivity index is 3.59. The van der Waals surface area contributed by atoms with Crippen LogP contribution >= 0.6 is 0 Å². The number of unbranched alkanes of at least 4 members (excludes halogenated alkanes) is 29. The molecule has 0 aromatic carbocycles. The van der Waals surface area contributed by atoms with Crippen LogP contribution in [-0.2, 0) is 4.79 Å². The first-order chi connectivity index (χ1) is 24.1. The summed E-state index contributed by atoms with van der Waals surface area (Å²) in [6.45, 7) is 4.15. The summed E-state index contributed by atoms with van der Waals surface area (Å²) in [7, 11) is 0. The molecule has 5 nitrogen and oxygen atoms in total. The molecule has 0 saturated carbocycles. The molecule has 0 aliphatic rings. The van der Waals surface area contributed by atoms with Crippen LogP contribution in [0.5, 0.6) is 0 Å². The Morgan fingerprint density at radius 1 is 0.490 bits per heavy atom. The molecule has 0 radical (unpaired) electrons. The molecular weight excluding hydrogens is 606 g/mol. The number of rotatable bonds is 39. The third kappa shape index (κ3) is 35.0. The molecule has 5 heteroatoms. The molecule has 0 aromatic rings. The number of carbonyl (C=O) groups excluding carboxylic acids is 1. The van der Waals surface area contributed by atoms with Crippen molar-refractivity contribution >= 4 is 5.91 Å². The molecule has 3 atom stereocenters. The molecule has 4 N–H and O–H groups in total. The van der Waals surface area contributed by atoms with E-state index in [2.05, 4.69) is 31.3 Å². The molecule has 1 amide bonds. The Morgan fingerprint density at radius 2 is 0.837 bits per heavy atom. The molecule has 3 unspecified atom stereocenters. The summed E-state index contributed by atoms with van der Waals surface area (Å²) in [5.41, 5.74) is 0. The third-order valence-electron chi connectivity index (χ3n) is 10.0. The molecule has 0 heterocycles. The van der Waals surface area contributed by atoms with Gasteiger partial charge < -0.3 is 20.6 Å². The highest BCUT2D eigenvalue weighted by Crippen LogP contribution is 2.16. The lowest BCUT2D eigenvalue weighted by Crippen LogP contribution is -2.48. The van der Waals surface area contributed by atoms with E-state index in [1.54, 1.807) is 6.08 Å². The second-order valence-corrected chi connectivity index (χ2v) is 14.9. The number of hydrogen-bond acceptors (Lipinski definition) is 4. The first-order valence-electron chi connectivity index (χ1n) is 21.7. The van der Waals surface area contributed by atoms with E-state index >= 15 is 0 Å². The Bertz CT molecular complexity index is 724. The zero-order chi connectivity index (χ0) is 35.9. The lowest BCUT2D eigenvalue weighted by Gasteiger charge is -2.21. The fraction of sp³-hybridized carbons (Fsp3) is 0.886. The van der Waals surface area contributed by atoms with Crippen LogP contribution < -0.4 is 5.32 Å². The number of amides is 1. The van der Waals surface area contributed by atoms with Crippen molar-refractivity contribution in [3.05, 3.63) is 24.3 Å². The minimum absolute atomic E-state index is 0.374. The van der Waals surface area contributed by atoms with Crippen LogP contribution in [0.15, 0.2) is 24.3 Å². The SMILES string of the molecule is CCCCCCC/C=C/CC/C=C/C(O)C(CO)NC(=O)C(O)CCCCCCCCCCCCCCCCCCCCCCCCCC. The van der Waals surface area contributed by atoms with Crippen LogP contribution in [0.25, 0.3) is 0 Å². The molecule has 0 saturated heterocycles. The Morgan fingerprint density at radius 3 is 1.24 bits per heavy atom. The monoisotopic (exact) mass is 692 g/mol. The van der Waals surface area contributed by atoms with Crippen molar-refractivity contribution in [2.75, 3.05) is 6.61 Å². The van der Waals surface area contributed by atoms with Crippen molar-refractivity contribution in [2.24, 2.45) is 0 Å². The van der Waals surface area contributed by atoms with Gasteiger partial charge in [0.05, 0.1) is 18.8 Å². The standard InChI is InChI=1S/C44H85NO4/c1-3-5-7-9-11-13-15-16-17-18-19-20-21-22-23-24-25-26-27-29-31-33-35-37-39-43(48)44(49)45-41(40-46)42(47)38-36-34-32-30-28-14-12-10-8-6-4-2/h28,30,36,38,41-43,46-48H,3-27,29,31-35,37,39-40H2,1-2H3,(H,45,49)/b30-28+,38-36+. The second-order valence-electron chi connectivity index (χ2n) is 14.9. The van der Waals surface area contributed by atoms with Gasteiger partial charge in [-0.3, -0.25) is 4.79 Å². The minimum atomic E-state index is -1.10. The average molecular weight is 692 g/mol. The van der Waals surface area contributed by atoms with Crippen LogP contribution in [0.2, 0.25) is 0 Å². The van der Waals surface area contributed by atoms with E-state index in [0.717, 1.165) is 38.5 Å². The molecule has 49 heavy (non-hydrogen) atoms. The zero-order valence-corrected chi connectivity index (χ0v) is 32.8. The summed E-state index contributed by atoms with van der Waals surface area (Å²) in [5, 5.41) is 33.0. The van der Waals surface area contributed by atoms with Gasteiger partial charge in [-0.1, -0.05) is 218 Å². The minimum Gasteiger partial charge on any atom is -0.394 e. The summed E-state index contributed by atoms with van der Waals surface area (Å²) in [4.78, 5) is 12.4. The van der Waals surface area contributed by atoms with Gasteiger partial charge in [0, 0.05) is 0 Å². The first-order valence-corrected chi connectivity index (χ1v) is 21.7. The van der Waals surface area contributed by atoms with Crippen molar-refractivity contribution in [1.82, 2.24) is 5.32 Å². The summed E-state index contributed by atoms with van der Waals surface area (Å²) < 4.78 is 0. The van der Waals surface area contributed by atoms with E-state index in [1.165, 1.54) is 167 Å². The van der Waals surface area contributed by atoms with E-state index < -0.39 is 24.2 Å². The molecule has 0 aliphatic heterocycles. The number of hydrogen-bond donors (Lipinski definition) is 4. The highest BCUT2D eigenvalue weighted by molar-refractivity contribution is 5.80. The van der Waals surface area contributed by atoms with Gasteiger partial charge in [0.1, 0.15) is 6.10 Å². The molecule has 0 spiro atoms. The third-order valence-corrected chi connectivity index (χ3v) is 10.0. The van der Waals surface area contributed by atoms with Crippen LogP contribution in [0.3, 0.4) is 0 Å². The lowest BCUT2D eigenvalue weighted by molar-refractivity contribution is -0.131. The van der Waals surface area contributed by atoms with Gasteiger partial charge in [0.2, 0.25) is 5.91 Å². The fourth-order valence-electron chi connectivity index (χ4n) is 6.61. The summed E-state index contributed by atoms with van der Waals surface area (Å²) in [5.74, 6) is -0.512. The highest BCUT2D eigenvalue weighted by atomic mass is 16.3. The van der Waals surface area contributed by atoms with Gasteiger partial charge in [-0.15, -0.1) is 0 Å². The quantitative estimate of drug-likeness (QED) is 0.0381.